The zero-order valence-electron chi connectivity index (χ0n) is 12.6. The minimum Gasteiger partial charge on any atom is -0.434 e. The summed E-state index contributed by atoms with van der Waals surface area (Å²) in [6.07, 6.45) is 6.05. The molecule has 23 heavy (non-hydrogen) atoms. The summed E-state index contributed by atoms with van der Waals surface area (Å²) in [6.45, 7) is 0.346. The van der Waals surface area contributed by atoms with Gasteiger partial charge in [0.1, 0.15) is 5.75 Å². The van der Waals surface area contributed by atoms with Crippen LogP contribution in [0.15, 0.2) is 40.0 Å². The highest BCUT2D eigenvalue weighted by atomic mass is 79.9. The van der Waals surface area contributed by atoms with Crippen molar-refractivity contribution < 1.29 is 18.3 Å². The normalized spacial score (nSPS) is 20.3. The third-order valence-electron chi connectivity index (χ3n) is 3.95. The van der Waals surface area contributed by atoms with Crippen LogP contribution in [0.25, 0.3) is 6.08 Å². The number of hydrogen-bond acceptors (Lipinski definition) is 3. The Bertz CT molecular complexity index is 625. The highest BCUT2D eigenvalue weighted by Crippen LogP contribution is 2.33. The number of morpholine rings is 1. The highest BCUT2D eigenvalue weighted by molar-refractivity contribution is 9.10. The first-order chi connectivity index (χ1) is 11.1. The number of benzene rings is 1. The van der Waals surface area contributed by atoms with Crippen molar-refractivity contribution in [3.05, 3.63) is 45.6 Å². The van der Waals surface area contributed by atoms with Crippen LogP contribution in [-0.4, -0.2) is 37.8 Å². The van der Waals surface area contributed by atoms with E-state index in [0.717, 1.165) is 49.2 Å². The molecule has 0 saturated carbocycles. The predicted molar refractivity (Wildman–Crippen MR) is 88.5 cm³/mol. The van der Waals surface area contributed by atoms with E-state index in [4.69, 9.17) is 4.74 Å². The van der Waals surface area contributed by atoms with Gasteiger partial charge in [0.25, 0.3) is 0 Å². The number of halogens is 3. The van der Waals surface area contributed by atoms with Gasteiger partial charge in [-0.2, -0.15) is 8.78 Å². The van der Waals surface area contributed by atoms with Gasteiger partial charge in [-0.15, -0.1) is 0 Å². The Kier molecular flexibility index (Phi) is 5.33. The van der Waals surface area contributed by atoms with Crippen LogP contribution in [0.4, 0.5) is 8.78 Å². The fourth-order valence-electron chi connectivity index (χ4n) is 2.93. The lowest BCUT2D eigenvalue weighted by Gasteiger charge is -2.30. The average molecular weight is 386 g/mol. The van der Waals surface area contributed by atoms with E-state index in [1.165, 1.54) is 5.70 Å². The molecule has 0 amide bonds. The van der Waals surface area contributed by atoms with E-state index in [0.29, 0.717) is 5.56 Å². The molecule has 0 atom stereocenters. The lowest BCUT2D eigenvalue weighted by Crippen LogP contribution is -2.35. The monoisotopic (exact) mass is 385 g/mol. The maximum atomic E-state index is 12.6. The Morgan fingerprint density at radius 1 is 1.26 bits per heavy atom. The molecule has 2 aliphatic rings. The van der Waals surface area contributed by atoms with Crippen molar-refractivity contribution in [2.24, 2.45) is 0 Å². The molecule has 0 unspecified atom stereocenters. The minimum absolute atomic E-state index is 0.198. The SMILES string of the molecule is FC(F)Oc1ccc(Br)cc1C=C1CCC=C1N1CCOCC1. The number of rotatable bonds is 4. The van der Waals surface area contributed by atoms with E-state index < -0.39 is 6.61 Å². The van der Waals surface area contributed by atoms with Crippen molar-refractivity contribution in [2.75, 3.05) is 26.3 Å². The summed E-state index contributed by atoms with van der Waals surface area (Å²) < 4.78 is 36.1. The van der Waals surface area contributed by atoms with Crippen LogP contribution in [0, 0.1) is 0 Å². The number of allylic oxidation sites excluding steroid dienone is 2. The lowest BCUT2D eigenvalue weighted by molar-refractivity contribution is -0.0500. The zero-order valence-corrected chi connectivity index (χ0v) is 14.2. The maximum Gasteiger partial charge on any atom is 0.387 e. The third kappa shape index (κ3) is 4.12. The molecule has 0 radical (unpaired) electrons. The number of hydrogen-bond donors (Lipinski definition) is 0. The molecule has 0 N–H and O–H groups in total. The summed E-state index contributed by atoms with van der Waals surface area (Å²) >= 11 is 3.39. The summed E-state index contributed by atoms with van der Waals surface area (Å²) in [4.78, 5) is 2.30. The van der Waals surface area contributed by atoms with Gasteiger partial charge in [0, 0.05) is 28.8 Å². The first-order valence-corrected chi connectivity index (χ1v) is 8.41. The second kappa shape index (κ2) is 7.45. The van der Waals surface area contributed by atoms with Gasteiger partial charge in [-0.25, -0.2) is 0 Å². The molecule has 0 aromatic heterocycles. The van der Waals surface area contributed by atoms with Gasteiger partial charge in [0.15, 0.2) is 0 Å². The maximum absolute atomic E-state index is 12.6. The van der Waals surface area contributed by atoms with Gasteiger partial charge in [-0.05, 0) is 42.7 Å². The van der Waals surface area contributed by atoms with Crippen molar-refractivity contribution >= 4 is 22.0 Å². The molecule has 1 saturated heterocycles. The summed E-state index contributed by atoms with van der Waals surface area (Å²) in [7, 11) is 0. The van der Waals surface area contributed by atoms with Crippen molar-refractivity contribution in [3.63, 3.8) is 0 Å². The first-order valence-electron chi connectivity index (χ1n) is 7.61. The summed E-state index contributed by atoms with van der Waals surface area (Å²) in [5, 5.41) is 0. The second-order valence-corrected chi connectivity index (χ2v) is 6.37. The second-order valence-electron chi connectivity index (χ2n) is 5.46. The summed E-state index contributed by atoms with van der Waals surface area (Å²) in [5.41, 5.74) is 3.01. The Morgan fingerprint density at radius 3 is 2.78 bits per heavy atom. The van der Waals surface area contributed by atoms with E-state index in [1.54, 1.807) is 18.2 Å². The smallest absolute Gasteiger partial charge is 0.387 e. The van der Waals surface area contributed by atoms with Gasteiger partial charge in [0.2, 0.25) is 0 Å². The molecule has 6 heteroatoms. The molecule has 1 heterocycles. The minimum atomic E-state index is -2.83. The highest BCUT2D eigenvalue weighted by Gasteiger charge is 2.21. The topological polar surface area (TPSA) is 21.7 Å². The van der Waals surface area contributed by atoms with E-state index >= 15 is 0 Å². The zero-order chi connectivity index (χ0) is 16.2. The van der Waals surface area contributed by atoms with Crippen LogP contribution in [0.1, 0.15) is 18.4 Å². The number of alkyl halides is 2. The largest absolute Gasteiger partial charge is 0.434 e. The predicted octanol–water partition coefficient (Wildman–Crippen LogP) is 4.44. The van der Waals surface area contributed by atoms with Gasteiger partial charge in [-0.1, -0.05) is 22.0 Å². The standard InChI is InChI=1S/C17H18BrF2NO2/c18-14-4-5-16(23-17(19)20)13(11-14)10-12-2-1-3-15(12)21-6-8-22-9-7-21/h3-5,10-11,17H,1-2,6-9H2. The molecule has 0 bridgehead atoms. The van der Waals surface area contributed by atoms with Gasteiger partial charge in [-0.3, -0.25) is 0 Å². The van der Waals surface area contributed by atoms with Crippen molar-refractivity contribution in [2.45, 2.75) is 19.5 Å². The lowest BCUT2D eigenvalue weighted by atomic mass is 10.1. The average Bonchev–Trinajstić information content (AvgIpc) is 2.99. The Hall–Kier alpha value is -1.40. The van der Waals surface area contributed by atoms with Crippen LogP contribution < -0.4 is 4.74 Å². The van der Waals surface area contributed by atoms with Gasteiger partial charge < -0.3 is 14.4 Å². The van der Waals surface area contributed by atoms with Crippen LogP contribution in [0.2, 0.25) is 0 Å². The number of ether oxygens (including phenoxy) is 2. The van der Waals surface area contributed by atoms with E-state index in [2.05, 4.69) is 31.6 Å². The molecule has 1 aromatic rings. The third-order valence-corrected chi connectivity index (χ3v) is 4.44. The van der Waals surface area contributed by atoms with Crippen LogP contribution in [0.3, 0.4) is 0 Å². The van der Waals surface area contributed by atoms with Crippen LogP contribution >= 0.6 is 15.9 Å². The van der Waals surface area contributed by atoms with E-state index in [-0.39, 0.29) is 5.75 Å². The molecule has 1 aliphatic heterocycles. The Morgan fingerprint density at radius 2 is 2.04 bits per heavy atom. The first kappa shape index (κ1) is 16.5. The summed E-state index contributed by atoms with van der Waals surface area (Å²) in [5.74, 6) is 0.198. The van der Waals surface area contributed by atoms with Crippen molar-refractivity contribution in [1.29, 1.82) is 0 Å². The fraction of sp³-hybridized carbons (Fsp3) is 0.412. The Balaban J connectivity index is 1.88. The molecule has 0 spiro atoms. The Labute approximate surface area is 142 Å². The molecule has 1 aromatic carbocycles. The molecular weight excluding hydrogens is 368 g/mol. The molecule has 3 rings (SSSR count). The van der Waals surface area contributed by atoms with E-state index in [9.17, 15) is 8.78 Å². The quantitative estimate of drug-likeness (QED) is 0.764. The van der Waals surface area contributed by atoms with E-state index in [1.807, 2.05) is 6.08 Å². The molecule has 1 fully saturated rings. The molecule has 3 nitrogen and oxygen atoms in total. The molecule has 1 aliphatic carbocycles. The summed E-state index contributed by atoms with van der Waals surface area (Å²) in [6, 6.07) is 5.07. The molecular formula is C17H18BrF2NO2. The van der Waals surface area contributed by atoms with Crippen LogP contribution in [0.5, 0.6) is 5.75 Å². The van der Waals surface area contributed by atoms with Crippen molar-refractivity contribution in [3.8, 4) is 5.75 Å². The fourth-order valence-corrected chi connectivity index (χ4v) is 3.31. The van der Waals surface area contributed by atoms with Gasteiger partial charge >= 0.3 is 6.61 Å². The number of nitrogens with zero attached hydrogens (tertiary/aromatic N) is 1. The van der Waals surface area contributed by atoms with Crippen molar-refractivity contribution in [1.82, 2.24) is 4.90 Å². The molecule has 124 valence electrons. The van der Waals surface area contributed by atoms with Crippen LogP contribution in [-0.2, 0) is 4.74 Å². The van der Waals surface area contributed by atoms with Gasteiger partial charge in [0.05, 0.1) is 13.2 Å².